The predicted molar refractivity (Wildman–Crippen MR) is 36.5 cm³/mol. The van der Waals surface area contributed by atoms with Crippen molar-refractivity contribution in [3.63, 3.8) is 0 Å². The van der Waals surface area contributed by atoms with Gasteiger partial charge in [0, 0.05) is 0 Å². The van der Waals surface area contributed by atoms with E-state index in [1.165, 1.54) is 6.92 Å². The van der Waals surface area contributed by atoms with Crippen LogP contribution >= 0.6 is 0 Å². The lowest BCUT2D eigenvalue weighted by Crippen LogP contribution is -2.02. The molecule has 0 saturated carbocycles. The van der Waals surface area contributed by atoms with Crippen molar-refractivity contribution in [3.05, 3.63) is 41.6 Å². The van der Waals surface area contributed by atoms with Gasteiger partial charge in [-0.05, 0) is 6.92 Å². The number of halogens is 3. The van der Waals surface area contributed by atoms with Crippen LogP contribution in [0.3, 0.4) is 0 Å². The summed E-state index contributed by atoms with van der Waals surface area (Å²) >= 11 is 0. The van der Waals surface area contributed by atoms with Gasteiger partial charge in [-0.15, -0.1) is 8.78 Å². The van der Waals surface area contributed by atoms with Gasteiger partial charge in [-0.3, -0.25) is 0 Å². The number of hydrogen-bond acceptors (Lipinski definition) is 0. The summed E-state index contributed by atoms with van der Waals surface area (Å²) in [5.41, 5.74) is -0.448. The van der Waals surface area contributed by atoms with Crippen LogP contribution in [0.2, 0.25) is 0 Å². The number of allylic oxidation sites excluding steroid dienone is 5. The maximum Gasteiger partial charge on any atom is 0.273 e. The van der Waals surface area contributed by atoms with E-state index in [9.17, 15) is 13.2 Å². The summed E-state index contributed by atoms with van der Waals surface area (Å²) in [6, 6.07) is 0. The van der Waals surface area contributed by atoms with E-state index in [-0.39, 0.29) is 11.1 Å². The Bertz CT molecular complexity index is 261. The molecule has 0 aromatic heterocycles. The van der Waals surface area contributed by atoms with Crippen LogP contribution in [0, 0.1) is 6.17 Å². The molecule has 0 fully saturated rings. The quantitative estimate of drug-likeness (QED) is 0.476. The van der Waals surface area contributed by atoms with Crippen molar-refractivity contribution in [1.29, 1.82) is 0 Å². The molecule has 0 nitrogen and oxygen atoms in total. The highest BCUT2D eigenvalue weighted by Crippen LogP contribution is 2.36. The first-order chi connectivity index (χ1) is 5.04. The van der Waals surface area contributed by atoms with Gasteiger partial charge in [0.1, 0.15) is 11.1 Å². The molecule has 0 aromatic carbocycles. The van der Waals surface area contributed by atoms with E-state index < -0.39 is 17.8 Å². The maximum absolute atomic E-state index is 12.7. The predicted octanol–water partition coefficient (Wildman–Crippen LogP) is 3.15. The average Bonchev–Trinajstić information content (AvgIpc) is 1.97. The van der Waals surface area contributed by atoms with E-state index in [1.54, 1.807) is 0 Å². The molecule has 58 valence electrons. The van der Waals surface area contributed by atoms with Crippen molar-refractivity contribution in [2.75, 3.05) is 0 Å². The van der Waals surface area contributed by atoms with E-state index in [2.05, 4.69) is 6.58 Å². The molecule has 0 N–H and O–H groups in total. The molecule has 1 aliphatic rings. The Labute approximate surface area is 62.7 Å². The molecule has 11 heavy (non-hydrogen) atoms. The minimum atomic E-state index is -1.14. The van der Waals surface area contributed by atoms with Crippen molar-refractivity contribution in [3.8, 4) is 0 Å². The first kappa shape index (κ1) is 7.98. The van der Waals surface area contributed by atoms with Crippen molar-refractivity contribution in [1.82, 2.24) is 0 Å². The molecule has 0 bridgehead atoms. The van der Waals surface area contributed by atoms with Gasteiger partial charge in [0.05, 0.1) is 6.08 Å². The second-order valence-electron chi connectivity index (χ2n) is 2.27. The monoisotopic (exact) mass is 159 g/mol. The standard InChI is InChI=1S/C8H6F3/c1-4-3-6(9)8(11)5(2)7(4)10/h3H,1H2,2H3/q+1. The fourth-order valence-corrected chi connectivity index (χ4v) is 0.796. The first-order valence-corrected chi connectivity index (χ1v) is 3.00. The van der Waals surface area contributed by atoms with Gasteiger partial charge in [-0.1, -0.05) is 6.58 Å². The molecule has 0 aromatic rings. The highest BCUT2D eigenvalue weighted by atomic mass is 19.2. The van der Waals surface area contributed by atoms with Crippen LogP contribution in [0.1, 0.15) is 6.92 Å². The summed E-state index contributed by atoms with van der Waals surface area (Å²) in [5.74, 6) is -1.85. The third kappa shape index (κ3) is 1.18. The van der Waals surface area contributed by atoms with Crippen molar-refractivity contribution < 1.29 is 13.2 Å². The molecule has 0 amide bonds. The average molecular weight is 159 g/mol. The Morgan fingerprint density at radius 2 is 2.00 bits per heavy atom. The SMILES string of the molecule is C=C1C=C(F)[C+](F)C(C)=C1F. The summed E-state index contributed by atoms with van der Waals surface area (Å²) in [4.78, 5) is 0. The molecule has 0 radical (unpaired) electrons. The molecule has 3 heteroatoms. The Morgan fingerprint density at radius 3 is 2.55 bits per heavy atom. The largest absolute Gasteiger partial charge is 0.273 e. The third-order valence-corrected chi connectivity index (χ3v) is 1.45. The molecular formula is C8H6F3+. The summed E-state index contributed by atoms with van der Waals surface area (Å²) in [5, 5.41) is 0. The van der Waals surface area contributed by atoms with Crippen LogP contribution in [0.25, 0.3) is 0 Å². The van der Waals surface area contributed by atoms with Crippen molar-refractivity contribution in [2.45, 2.75) is 6.92 Å². The normalized spacial score (nSPS) is 19.1. The highest BCUT2D eigenvalue weighted by molar-refractivity contribution is 5.50. The molecule has 0 unspecified atom stereocenters. The van der Waals surface area contributed by atoms with E-state index in [0.717, 1.165) is 6.08 Å². The van der Waals surface area contributed by atoms with Gasteiger partial charge in [0.15, 0.2) is 0 Å². The lowest BCUT2D eigenvalue weighted by Gasteiger charge is -2.03. The molecule has 0 saturated heterocycles. The van der Waals surface area contributed by atoms with Crippen LogP contribution in [0.5, 0.6) is 0 Å². The fourth-order valence-electron chi connectivity index (χ4n) is 0.796. The van der Waals surface area contributed by atoms with E-state index in [4.69, 9.17) is 0 Å². The lowest BCUT2D eigenvalue weighted by molar-refractivity contribution is 0.455. The van der Waals surface area contributed by atoms with Gasteiger partial charge in [0.25, 0.3) is 12.0 Å². The first-order valence-electron chi connectivity index (χ1n) is 3.00. The molecule has 1 aliphatic carbocycles. The van der Waals surface area contributed by atoms with Gasteiger partial charge in [-0.2, -0.15) is 4.39 Å². The van der Waals surface area contributed by atoms with E-state index >= 15 is 0 Å². The van der Waals surface area contributed by atoms with Gasteiger partial charge in [0.2, 0.25) is 5.83 Å². The molecule has 0 spiro atoms. The molecule has 0 atom stereocenters. The van der Waals surface area contributed by atoms with Gasteiger partial charge < -0.3 is 0 Å². The Morgan fingerprint density at radius 1 is 1.45 bits per heavy atom. The summed E-state index contributed by atoms with van der Waals surface area (Å²) in [6.45, 7) is 4.37. The third-order valence-electron chi connectivity index (χ3n) is 1.45. The summed E-state index contributed by atoms with van der Waals surface area (Å²) in [6.07, 6.45) is -0.410. The minimum Gasteiger partial charge on any atom is -0.172 e. The summed E-state index contributed by atoms with van der Waals surface area (Å²) in [7, 11) is 0. The number of hydrogen-bond donors (Lipinski definition) is 0. The fraction of sp³-hybridized carbons (Fsp3) is 0.125. The second kappa shape index (κ2) is 2.49. The van der Waals surface area contributed by atoms with Crippen molar-refractivity contribution >= 4 is 0 Å². The molecule has 0 aliphatic heterocycles. The Kier molecular flexibility index (Phi) is 1.81. The maximum atomic E-state index is 12.7. The van der Waals surface area contributed by atoms with E-state index in [0.29, 0.717) is 0 Å². The van der Waals surface area contributed by atoms with Gasteiger partial charge in [-0.25, -0.2) is 0 Å². The van der Waals surface area contributed by atoms with E-state index in [1.807, 2.05) is 0 Å². The molecule has 1 rings (SSSR count). The molecular weight excluding hydrogens is 153 g/mol. The minimum absolute atomic E-state index is 0.124. The smallest absolute Gasteiger partial charge is 0.172 e. The van der Waals surface area contributed by atoms with Crippen LogP contribution in [-0.4, -0.2) is 0 Å². The lowest BCUT2D eigenvalue weighted by atomic mass is 10.0. The van der Waals surface area contributed by atoms with Crippen molar-refractivity contribution in [2.24, 2.45) is 0 Å². The zero-order valence-electron chi connectivity index (χ0n) is 5.92. The zero-order chi connectivity index (χ0) is 8.59. The zero-order valence-corrected chi connectivity index (χ0v) is 5.92. The van der Waals surface area contributed by atoms with Gasteiger partial charge >= 0.3 is 0 Å². The highest BCUT2D eigenvalue weighted by Gasteiger charge is 2.35. The topological polar surface area (TPSA) is 0 Å². The molecule has 0 heterocycles. The Hall–Kier alpha value is -1.12. The van der Waals surface area contributed by atoms with Crippen LogP contribution in [0.4, 0.5) is 13.2 Å². The van der Waals surface area contributed by atoms with Crippen LogP contribution in [0.15, 0.2) is 35.5 Å². The van der Waals surface area contributed by atoms with Crippen LogP contribution < -0.4 is 0 Å². The Balaban J connectivity index is 3.08. The number of rotatable bonds is 0. The summed E-state index contributed by atoms with van der Waals surface area (Å²) < 4.78 is 37.7. The second-order valence-corrected chi connectivity index (χ2v) is 2.27. The van der Waals surface area contributed by atoms with Crippen LogP contribution in [-0.2, 0) is 0 Å².